The number of halogens is 6. The van der Waals surface area contributed by atoms with Gasteiger partial charge in [-0.05, 0) is 54.4 Å². The van der Waals surface area contributed by atoms with E-state index in [0.717, 1.165) is 19.3 Å². The summed E-state index contributed by atoms with van der Waals surface area (Å²) < 4.78 is 87.1. The van der Waals surface area contributed by atoms with Crippen LogP contribution in [0.2, 0.25) is 0 Å². The molecule has 12 heteroatoms. The Balaban J connectivity index is 1.81. The van der Waals surface area contributed by atoms with Gasteiger partial charge in [0.2, 0.25) is 0 Å². The number of hydrogen-bond acceptors (Lipinski definition) is 4. The van der Waals surface area contributed by atoms with Gasteiger partial charge in [-0.15, -0.1) is 13.2 Å². The van der Waals surface area contributed by atoms with Crippen LogP contribution in [-0.4, -0.2) is 39.8 Å². The highest BCUT2D eigenvalue weighted by molar-refractivity contribution is 5.96. The molecule has 1 aliphatic carbocycles. The van der Waals surface area contributed by atoms with E-state index in [9.17, 15) is 36.2 Å². The summed E-state index contributed by atoms with van der Waals surface area (Å²) in [5, 5.41) is 9.64. The van der Waals surface area contributed by atoms with Crippen LogP contribution < -0.4 is 9.47 Å². The number of carboxylic acid groups (broad SMARTS) is 1. The Morgan fingerprint density at radius 2 is 1.77 bits per heavy atom. The Kier molecular flexibility index (Phi) is 7.52. The summed E-state index contributed by atoms with van der Waals surface area (Å²) in [6, 6.07) is 7.70. The molecular weight excluding hydrogens is 530 g/mol. The number of alkyl halides is 6. The van der Waals surface area contributed by atoms with Gasteiger partial charge >= 0.3 is 18.5 Å². The third-order valence-electron chi connectivity index (χ3n) is 6.73. The molecule has 39 heavy (non-hydrogen) atoms. The first-order valence-corrected chi connectivity index (χ1v) is 12.3. The number of nitrogens with zero attached hydrogens (tertiary/aromatic N) is 2. The second-order valence-electron chi connectivity index (χ2n) is 10.9. The molecule has 1 aromatic heterocycles. The first-order valence-electron chi connectivity index (χ1n) is 12.3. The van der Waals surface area contributed by atoms with E-state index in [-0.39, 0.29) is 29.1 Å². The lowest BCUT2D eigenvalue weighted by Gasteiger charge is -2.40. The molecule has 1 saturated carbocycles. The molecule has 1 fully saturated rings. The van der Waals surface area contributed by atoms with Gasteiger partial charge in [-0.1, -0.05) is 32.9 Å². The molecule has 212 valence electrons. The van der Waals surface area contributed by atoms with Gasteiger partial charge in [-0.2, -0.15) is 13.2 Å². The number of ether oxygens (including phenoxy) is 2. The first kappa shape index (κ1) is 28.6. The zero-order chi connectivity index (χ0) is 28.8. The fourth-order valence-electron chi connectivity index (χ4n) is 5.63. The minimum absolute atomic E-state index is 0.0383. The molecule has 3 aromatic rings. The topological polar surface area (TPSA) is 73.6 Å². The molecule has 6 nitrogen and oxygen atoms in total. The number of benzene rings is 2. The number of hydrogen-bond donors (Lipinski definition) is 1. The Morgan fingerprint density at radius 3 is 2.33 bits per heavy atom. The number of fused-ring (bicyclic) bond motifs is 1. The fraction of sp³-hybridized carbons (Fsp3) is 0.481. The molecule has 0 amide bonds. The van der Waals surface area contributed by atoms with E-state index in [4.69, 9.17) is 4.74 Å². The molecule has 1 aliphatic rings. The molecule has 0 bridgehead atoms. The Labute approximate surface area is 220 Å². The summed E-state index contributed by atoms with van der Waals surface area (Å²) >= 11 is 0. The molecule has 0 spiro atoms. The van der Waals surface area contributed by atoms with E-state index in [1.165, 1.54) is 36.4 Å². The van der Waals surface area contributed by atoms with Crippen LogP contribution in [0, 0.1) is 11.3 Å². The summed E-state index contributed by atoms with van der Waals surface area (Å²) in [6.45, 7) is 4.73. The molecular formula is C27H28F6N2O4. The van der Waals surface area contributed by atoms with Crippen LogP contribution in [-0.2, 0) is 6.42 Å². The van der Waals surface area contributed by atoms with Crippen LogP contribution in [0.5, 0.6) is 11.5 Å². The van der Waals surface area contributed by atoms with Gasteiger partial charge in [0.15, 0.2) is 6.61 Å². The third kappa shape index (κ3) is 7.15. The maximum atomic E-state index is 12.9. The van der Waals surface area contributed by atoms with Crippen molar-refractivity contribution in [2.24, 2.45) is 11.3 Å². The lowest BCUT2D eigenvalue weighted by atomic mass is 9.70. The number of imidazole rings is 1. The minimum Gasteiger partial charge on any atom is -0.483 e. The van der Waals surface area contributed by atoms with Crippen LogP contribution in [0.1, 0.15) is 67.8 Å². The normalized spacial score (nSPS) is 19.7. The number of carboxylic acids is 1. The van der Waals surface area contributed by atoms with Crippen molar-refractivity contribution >= 4 is 17.0 Å². The maximum Gasteiger partial charge on any atom is 0.573 e. The molecule has 2 aromatic carbocycles. The number of carbonyl (C=O) groups is 1. The van der Waals surface area contributed by atoms with Crippen molar-refractivity contribution in [2.75, 3.05) is 6.61 Å². The van der Waals surface area contributed by atoms with E-state index in [1.807, 2.05) is 4.57 Å². The van der Waals surface area contributed by atoms with Crippen LogP contribution in [0.4, 0.5) is 26.3 Å². The number of aromatic carboxylic acids is 1. The van der Waals surface area contributed by atoms with Gasteiger partial charge in [-0.3, -0.25) is 0 Å². The molecule has 0 aliphatic heterocycles. The molecule has 1 heterocycles. The lowest BCUT2D eigenvalue weighted by Crippen LogP contribution is -2.30. The van der Waals surface area contributed by atoms with Crippen LogP contribution in [0.3, 0.4) is 0 Å². The van der Waals surface area contributed by atoms with Crippen LogP contribution in [0.15, 0.2) is 36.4 Å². The number of rotatable bonds is 7. The zero-order valence-electron chi connectivity index (χ0n) is 21.5. The quantitative estimate of drug-likeness (QED) is 0.303. The van der Waals surface area contributed by atoms with E-state index in [0.29, 0.717) is 22.8 Å². The molecule has 1 N–H and O–H groups in total. The second kappa shape index (κ2) is 10.3. The maximum absolute atomic E-state index is 12.9. The van der Waals surface area contributed by atoms with Crippen molar-refractivity contribution in [3.63, 3.8) is 0 Å². The van der Waals surface area contributed by atoms with E-state index < -0.39 is 36.4 Å². The summed E-state index contributed by atoms with van der Waals surface area (Å²) in [5.41, 5.74) is 0.836. The Hall–Kier alpha value is -3.44. The van der Waals surface area contributed by atoms with Gasteiger partial charge < -0.3 is 19.1 Å². The minimum atomic E-state index is -4.83. The van der Waals surface area contributed by atoms with Gasteiger partial charge in [0.1, 0.15) is 22.9 Å². The number of aromatic nitrogens is 2. The molecule has 2 atom stereocenters. The average molecular weight is 559 g/mol. The van der Waals surface area contributed by atoms with E-state index in [2.05, 4.69) is 30.5 Å². The summed E-state index contributed by atoms with van der Waals surface area (Å²) in [4.78, 5) is 16.5. The smallest absolute Gasteiger partial charge is 0.483 e. The predicted octanol–water partition coefficient (Wildman–Crippen LogP) is 7.55. The average Bonchev–Trinajstić information content (AvgIpc) is 3.12. The van der Waals surface area contributed by atoms with E-state index >= 15 is 0 Å². The van der Waals surface area contributed by atoms with Gasteiger partial charge in [0.05, 0.1) is 11.0 Å². The van der Waals surface area contributed by atoms with Crippen molar-refractivity contribution in [2.45, 2.75) is 65.0 Å². The standard InChI is InChI=1S/C27H28F6N2O4/c1-15-8-17(13-25(2,3)12-15)35-21-11-22(38-14-26(28,29)30)19(24(36)37)10-20(21)34-23(35)9-16-4-6-18(7-5-16)39-27(31,32)33/h4-7,10-11,15,17H,8-9,12-14H2,1-3H3,(H,36,37)/t15?,17-/m1/s1. The van der Waals surface area contributed by atoms with Gasteiger partial charge in [-0.25, -0.2) is 9.78 Å². The fourth-order valence-corrected chi connectivity index (χ4v) is 5.63. The monoisotopic (exact) mass is 558 g/mol. The summed E-state index contributed by atoms with van der Waals surface area (Å²) in [7, 11) is 0. The molecule has 4 rings (SSSR count). The highest BCUT2D eigenvalue weighted by atomic mass is 19.4. The third-order valence-corrected chi connectivity index (χ3v) is 6.73. The van der Waals surface area contributed by atoms with Gasteiger partial charge in [0, 0.05) is 18.5 Å². The van der Waals surface area contributed by atoms with Crippen molar-refractivity contribution in [1.82, 2.24) is 9.55 Å². The molecule has 1 unspecified atom stereocenters. The highest BCUT2D eigenvalue weighted by Crippen LogP contribution is 2.46. The highest BCUT2D eigenvalue weighted by Gasteiger charge is 2.36. The van der Waals surface area contributed by atoms with Crippen molar-refractivity contribution in [1.29, 1.82) is 0 Å². The first-order chi connectivity index (χ1) is 18.0. The zero-order valence-corrected chi connectivity index (χ0v) is 21.5. The van der Waals surface area contributed by atoms with Crippen LogP contribution >= 0.6 is 0 Å². The Bertz CT molecular complexity index is 1350. The summed E-state index contributed by atoms with van der Waals surface area (Å²) in [6.07, 6.45) is -6.81. The van der Waals surface area contributed by atoms with Crippen LogP contribution in [0.25, 0.3) is 11.0 Å². The van der Waals surface area contributed by atoms with Crippen molar-refractivity contribution in [3.05, 3.63) is 53.3 Å². The molecule has 0 saturated heterocycles. The SMILES string of the molecule is CC1C[C@@H](n2c(Cc3ccc(OC(F)(F)F)cc3)nc3cc(C(=O)O)c(OCC(F)(F)F)cc32)CC(C)(C)C1. The van der Waals surface area contributed by atoms with Crippen molar-refractivity contribution in [3.8, 4) is 11.5 Å². The largest absolute Gasteiger partial charge is 0.573 e. The lowest BCUT2D eigenvalue weighted by molar-refractivity contribution is -0.274. The summed E-state index contributed by atoms with van der Waals surface area (Å²) in [5.74, 6) is -1.41. The van der Waals surface area contributed by atoms with E-state index in [1.54, 1.807) is 0 Å². The predicted molar refractivity (Wildman–Crippen MR) is 130 cm³/mol. The second-order valence-corrected chi connectivity index (χ2v) is 10.9. The Morgan fingerprint density at radius 1 is 1.10 bits per heavy atom. The van der Waals surface area contributed by atoms with Gasteiger partial charge in [0.25, 0.3) is 0 Å². The van der Waals surface area contributed by atoms with Crippen molar-refractivity contribution < 1.29 is 45.7 Å². The molecule has 0 radical (unpaired) electrons.